The van der Waals surface area contributed by atoms with Crippen molar-refractivity contribution in [3.8, 4) is 11.1 Å². The van der Waals surface area contributed by atoms with E-state index in [2.05, 4.69) is 72.5 Å². The molecule has 1 fully saturated rings. The fourth-order valence-electron chi connectivity index (χ4n) is 6.16. The third-order valence-electron chi connectivity index (χ3n) is 8.29. The minimum absolute atomic E-state index is 0.128. The first kappa shape index (κ1) is 26.1. The molecule has 1 saturated carbocycles. The summed E-state index contributed by atoms with van der Waals surface area (Å²) in [4.78, 5) is 13.4. The number of hydrogen-bond donors (Lipinski definition) is 1. The number of fused-ring (bicyclic) bond motifs is 1. The molecule has 40 heavy (non-hydrogen) atoms. The van der Waals surface area contributed by atoms with Gasteiger partial charge in [0, 0.05) is 41.7 Å². The SMILES string of the molecule is CCn1cc(-c2ccc3c(c2)CC(C)N(c2ccc(C4CC4)cc2)C3c2c(C)cc(/C=C/C(=O)O)cc2F)cn1. The van der Waals surface area contributed by atoms with Crippen LogP contribution in [0.1, 0.15) is 72.0 Å². The lowest BCUT2D eigenvalue weighted by atomic mass is 9.81. The van der Waals surface area contributed by atoms with Gasteiger partial charge in [-0.25, -0.2) is 9.18 Å². The Morgan fingerprint density at radius 2 is 1.88 bits per heavy atom. The number of aryl methyl sites for hydroxylation is 2. The normalized spacial score (nSPS) is 18.8. The smallest absolute Gasteiger partial charge is 0.328 e. The molecule has 6 rings (SSSR count). The van der Waals surface area contributed by atoms with E-state index < -0.39 is 5.97 Å². The van der Waals surface area contributed by atoms with E-state index in [1.807, 2.05) is 23.9 Å². The Kier molecular flexibility index (Phi) is 6.78. The zero-order chi connectivity index (χ0) is 28.0. The van der Waals surface area contributed by atoms with Gasteiger partial charge >= 0.3 is 5.97 Å². The molecule has 2 heterocycles. The Hall–Kier alpha value is -4.19. The van der Waals surface area contributed by atoms with E-state index in [-0.39, 0.29) is 17.9 Å². The van der Waals surface area contributed by atoms with Crippen molar-refractivity contribution in [1.82, 2.24) is 9.78 Å². The molecule has 0 amide bonds. The fraction of sp³-hybridized carbons (Fsp3) is 0.294. The number of benzene rings is 3. The molecule has 0 saturated heterocycles. The first-order valence-electron chi connectivity index (χ1n) is 14.1. The maximum Gasteiger partial charge on any atom is 0.328 e. The second-order valence-electron chi connectivity index (χ2n) is 11.1. The van der Waals surface area contributed by atoms with Gasteiger partial charge in [0.25, 0.3) is 0 Å². The Balaban J connectivity index is 1.48. The van der Waals surface area contributed by atoms with Crippen LogP contribution in [0.4, 0.5) is 10.1 Å². The summed E-state index contributed by atoms with van der Waals surface area (Å²) < 4.78 is 18.0. The van der Waals surface area contributed by atoms with E-state index in [0.29, 0.717) is 17.0 Å². The van der Waals surface area contributed by atoms with Crippen LogP contribution in [0.3, 0.4) is 0 Å². The number of anilines is 1. The highest BCUT2D eigenvalue weighted by atomic mass is 19.1. The lowest BCUT2D eigenvalue weighted by Crippen LogP contribution is -2.43. The summed E-state index contributed by atoms with van der Waals surface area (Å²) in [5.74, 6) is -0.716. The second-order valence-corrected chi connectivity index (χ2v) is 11.1. The monoisotopic (exact) mass is 535 g/mol. The molecule has 1 aliphatic carbocycles. The van der Waals surface area contributed by atoms with Crippen LogP contribution in [0, 0.1) is 12.7 Å². The molecule has 2 unspecified atom stereocenters. The number of hydrogen-bond acceptors (Lipinski definition) is 3. The summed E-state index contributed by atoms with van der Waals surface area (Å²) in [5.41, 5.74) is 8.89. The molecule has 2 atom stereocenters. The molecule has 204 valence electrons. The first-order chi connectivity index (χ1) is 19.3. The van der Waals surface area contributed by atoms with Gasteiger partial charge < -0.3 is 10.0 Å². The van der Waals surface area contributed by atoms with Gasteiger partial charge in [-0.2, -0.15) is 5.10 Å². The van der Waals surface area contributed by atoms with Crippen LogP contribution in [-0.2, 0) is 17.8 Å². The van der Waals surface area contributed by atoms with Gasteiger partial charge in [0.1, 0.15) is 5.82 Å². The van der Waals surface area contributed by atoms with Crippen molar-refractivity contribution in [2.24, 2.45) is 0 Å². The lowest BCUT2D eigenvalue weighted by Gasteiger charge is -2.44. The number of aromatic nitrogens is 2. The van der Waals surface area contributed by atoms with Crippen LogP contribution in [0.15, 0.2) is 73.1 Å². The largest absolute Gasteiger partial charge is 0.478 e. The molecule has 0 radical (unpaired) electrons. The van der Waals surface area contributed by atoms with Crippen molar-refractivity contribution >= 4 is 17.7 Å². The number of carbonyl (C=O) groups is 1. The van der Waals surface area contributed by atoms with E-state index in [1.165, 1.54) is 36.1 Å². The third kappa shape index (κ3) is 4.94. The third-order valence-corrected chi connectivity index (χ3v) is 8.29. The van der Waals surface area contributed by atoms with Crippen molar-refractivity contribution in [3.05, 3.63) is 112 Å². The lowest BCUT2D eigenvalue weighted by molar-refractivity contribution is -0.131. The number of halogens is 1. The van der Waals surface area contributed by atoms with E-state index >= 15 is 4.39 Å². The van der Waals surface area contributed by atoms with Gasteiger partial charge in [-0.1, -0.05) is 36.4 Å². The topological polar surface area (TPSA) is 58.4 Å². The van der Waals surface area contributed by atoms with Crippen LogP contribution in [0.2, 0.25) is 0 Å². The molecule has 0 spiro atoms. The Morgan fingerprint density at radius 1 is 1.10 bits per heavy atom. The minimum Gasteiger partial charge on any atom is -0.478 e. The molecule has 3 aromatic carbocycles. The Morgan fingerprint density at radius 3 is 2.52 bits per heavy atom. The van der Waals surface area contributed by atoms with Crippen molar-refractivity contribution in [2.45, 2.75) is 64.6 Å². The van der Waals surface area contributed by atoms with Crippen molar-refractivity contribution in [2.75, 3.05) is 4.90 Å². The van der Waals surface area contributed by atoms with Crippen LogP contribution < -0.4 is 4.90 Å². The predicted molar refractivity (Wildman–Crippen MR) is 157 cm³/mol. The quantitative estimate of drug-likeness (QED) is 0.249. The van der Waals surface area contributed by atoms with Crippen LogP contribution in [0.25, 0.3) is 17.2 Å². The molecule has 2 aliphatic rings. The van der Waals surface area contributed by atoms with E-state index in [9.17, 15) is 4.79 Å². The summed E-state index contributed by atoms with van der Waals surface area (Å²) in [7, 11) is 0. The first-order valence-corrected chi connectivity index (χ1v) is 14.1. The van der Waals surface area contributed by atoms with E-state index in [4.69, 9.17) is 5.11 Å². The van der Waals surface area contributed by atoms with Crippen LogP contribution in [-0.4, -0.2) is 26.9 Å². The van der Waals surface area contributed by atoms with E-state index in [1.54, 1.807) is 0 Å². The Labute approximate surface area is 234 Å². The number of carboxylic acid groups (broad SMARTS) is 1. The molecular formula is C34H34FN3O2. The molecule has 4 aromatic rings. The summed E-state index contributed by atoms with van der Waals surface area (Å²) in [6.45, 7) is 7.01. The highest BCUT2D eigenvalue weighted by molar-refractivity contribution is 5.85. The van der Waals surface area contributed by atoms with Gasteiger partial charge in [0.15, 0.2) is 0 Å². The zero-order valence-corrected chi connectivity index (χ0v) is 23.1. The van der Waals surface area contributed by atoms with E-state index in [0.717, 1.165) is 47.0 Å². The van der Waals surface area contributed by atoms with Gasteiger partial charge in [-0.15, -0.1) is 0 Å². The molecule has 5 nitrogen and oxygen atoms in total. The van der Waals surface area contributed by atoms with Gasteiger partial charge in [-0.3, -0.25) is 4.68 Å². The zero-order valence-electron chi connectivity index (χ0n) is 23.1. The summed E-state index contributed by atoms with van der Waals surface area (Å²) in [5, 5.41) is 13.5. The Bertz CT molecular complexity index is 1580. The summed E-state index contributed by atoms with van der Waals surface area (Å²) in [6.07, 6.45) is 9.79. The highest BCUT2D eigenvalue weighted by Gasteiger charge is 2.36. The second kappa shape index (κ2) is 10.4. The van der Waals surface area contributed by atoms with Crippen LogP contribution >= 0.6 is 0 Å². The maximum atomic E-state index is 16.1. The minimum atomic E-state index is -1.06. The van der Waals surface area contributed by atoms with Gasteiger partial charge in [-0.05, 0) is 104 Å². The standard InChI is InChI=1S/C34H34FN3O2/c1-4-37-20-28(19-36-37)26-10-13-30-27(18-26)16-22(3)38(29-11-8-25(9-12-29)24-6-7-24)34(30)33-21(2)15-23(17-31(33)35)5-14-32(39)40/h5,8-15,17-20,22,24,34H,4,6-7,16H2,1-3H3,(H,39,40)/b14-5+. The highest BCUT2D eigenvalue weighted by Crippen LogP contribution is 2.45. The molecule has 1 aromatic heterocycles. The number of rotatable bonds is 7. The molecule has 0 bridgehead atoms. The van der Waals surface area contributed by atoms with Gasteiger partial charge in [0.05, 0.1) is 12.2 Å². The average molecular weight is 536 g/mol. The molecule has 1 N–H and O–H groups in total. The summed E-state index contributed by atoms with van der Waals surface area (Å²) in [6, 6.07) is 18.4. The number of aliphatic carboxylic acids is 1. The number of nitrogens with zero attached hydrogens (tertiary/aromatic N) is 3. The van der Waals surface area contributed by atoms with Crippen molar-refractivity contribution in [1.29, 1.82) is 0 Å². The molecule has 1 aliphatic heterocycles. The average Bonchev–Trinajstić information content (AvgIpc) is 3.67. The molecule has 6 heteroatoms. The molecular weight excluding hydrogens is 501 g/mol. The van der Waals surface area contributed by atoms with Crippen molar-refractivity contribution < 1.29 is 14.3 Å². The van der Waals surface area contributed by atoms with Gasteiger partial charge in [0.2, 0.25) is 0 Å². The van der Waals surface area contributed by atoms with Crippen LogP contribution in [0.5, 0.6) is 0 Å². The predicted octanol–water partition coefficient (Wildman–Crippen LogP) is 7.53. The fourth-order valence-corrected chi connectivity index (χ4v) is 6.16. The van der Waals surface area contributed by atoms with Crippen molar-refractivity contribution in [3.63, 3.8) is 0 Å². The number of carboxylic acids is 1. The summed E-state index contributed by atoms with van der Waals surface area (Å²) >= 11 is 0. The maximum absolute atomic E-state index is 16.1.